The molecule has 1 fully saturated rings. The zero-order chi connectivity index (χ0) is 18.7. The molecule has 2 aromatic rings. The van der Waals surface area contributed by atoms with Crippen LogP contribution in [-0.2, 0) is 20.4 Å². The number of thioether (sulfide) groups is 1. The van der Waals surface area contributed by atoms with Gasteiger partial charge in [0.05, 0.1) is 22.4 Å². The molecule has 0 bridgehead atoms. The van der Waals surface area contributed by atoms with Gasteiger partial charge in [0.1, 0.15) is 6.26 Å². The molecule has 0 saturated carbocycles. The average molecular weight is 415 g/mol. The van der Waals surface area contributed by atoms with E-state index < -0.39 is 9.84 Å². The van der Waals surface area contributed by atoms with Crippen molar-refractivity contribution in [3.05, 3.63) is 41.2 Å². The van der Waals surface area contributed by atoms with Gasteiger partial charge in [0.15, 0.2) is 9.84 Å². The zero-order valence-electron chi connectivity index (χ0n) is 14.1. The Morgan fingerprint density at radius 2 is 2.15 bits per heavy atom. The molecular formula is C17H19ClN2O4S2. The molecule has 1 N–H and O–H groups in total. The fraction of sp³-hybridized carbons (Fsp3) is 0.412. The van der Waals surface area contributed by atoms with Crippen LogP contribution in [0.3, 0.4) is 0 Å². The van der Waals surface area contributed by atoms with Crippen LogP contribution in [-0.4, -0.2) is 42.1 Å². The van der Waals surface area contributed by atoms with Gasteiger partial charge in [0.2, 0.25) is 11.8 Å². The number of aromatic nitrogens is 1. The normalized spacial score (nSPS) is 20.0. The molecule has 0 unspecified atom stereocenters. The van der Waals surface area contributed by atoms with Gasteiger partial charge in [-0.15, -0.1) is 11.8 Å². The van der Waals surface area contributed by atoms with E-state index in [9.17, 15) is 13.2 Å². The van der Waals surface area contributed by atoms with Crippen molar-refractivity contribution in [1.29, 1.82) is 0 Å². The predicted molar refractivity (Wildman–Crippen MR) is 103 cm³/mol. The summed E-state index contributed by atoms with van der Waals surface area (Å²) in [5.74, 6) is 1.05. The number of amides is 1. The van der Waals surface area contributed by atoms with E-state index in [0.29, 0.717) is 23.1 Å². The molecule has 1 amide bonds. The Morgan fingerprint density at radius 1 is 1.42 bits per heavy atom. The van der Waals surface area contributed by atoms with Gasteiger partial charge >= 0.3 is 0 Å². The van der Waals surface area contributed by atoms with E-state index in [1.54, 1.807) is 25.3 Å². The van der Waals surface area contributed by atoms with Gasteiger partial charge in [-0.3, -0.25) is 4.79 Å². The minimum atomic E-state index is -3.00. The third-order valence-corrected chi connectivity index (χ3v) is 7.27. The Hall–Kier alpha value is -1.51. The summed E-state index contributed by atoms with van der Waals surface area (Å²) in [4.78, 5) is 16.6. The molecule has 0 aliphatic carbocycles. The summed E-state index contributed by atoms with van der Waals surface area (Å²) in [6.07, 6.45) is 2.06. The Bertz CT molecular complexity index is 880. The number of carbonyl (C=O) groups excluding carboxylic acids is 1. The molecule has 1 saturated heterocycles. The van der Waals surface area contributed by atoms with E-state index in [1.807, 2.05) is 12.1 Å². The van der Waals surface area contributed by atoms with Crippen molar-refractivity contribution in [3.63, 3.8) is 0 Å². The molecule has 1 aliphatic heterocycles. The van der Waals surface area contributed by atoms with Gasteiger partial charge in [0, 0.05) is 22.4 Å². The Kier molecular flexibility index (Phi) is 5.94. The minimum Gasteiger partial charge on any atom is -0.444 e. The molecule has 1 aromatic heterocycles. The summed E-state index contributed by atoms with van der Waals surface area (Å²) in [6.45, 7) is 1.80. The van der Waals surface area contributed by atoms with Gasteiger partial charge in [-0.05, 0) is 37.6 Å². The zero-order valence-corrected chi connectivity index (χ0v) is 16.5. The second kappa shape index (κ2) is 8.02. The quantitative estimate of drug-likeness (QED) is 0.781. The highest BCUT2D eigenvalue weighted by Gasteiger charge is 2.30. The first-order chi connectivity index (χ1) is 12.3. The van der Waals surface area contributed by atoms with E-state index >= 15 is 0 Å². The van der Waals surface area contributed by atoms with Crippen LogP contribution < -0.4 is 5.32 Å². The first kappa shape index (κ1) is 19.3. The number of hydrogen-bond donors (Lipinski definition) is 1. The molecule has 3 rings (SSSR count). The van der Waals surface area contributed by atoms with Crippen LogP contribution in [0.25, 0.3) is 11.5 Å². The van der Waals surface area contributed by atoms with Crippen molar-refractivity contribution in [1.82, 2.24) is 10.3 Å². The monoisotopic (exact) mass is 414 g/mol. The number of oxazole rings is 1. The summed E-state index contributed by atoms with van der Waals surface area (Å²) < 4.78 is 28.4. The van der Waals surface area contributed by atoms with Crippen molar-refractivity contribution < 1.29 is 17.6 Å². The van der Waals surface area contributed by atoms with Crippen LogP contribution in [0.2, 0.25) is 5.02 Å². The van der Waals surface area contributed by atoms with Crippen LogP contribution in [0, 0.1) is 0 Å². The van der Waals surface area contributed by atoms with Crippen LogP contribution in [0.4, 0.5) is 0 Å². The van der Waals surface area contributed by atoms with Gasteiger partial charge in [-0.25, -0.2) is 13.4 Å². The number of nitrogens with zero attached hydrogens (tertiary/aromatic N) is 1. The average Bonchev–Trinajstić information content (AvgIpc) is 3.19. The predicted octanol–water partition coefficient (Wildman–Crippen LogP) is 2.92. The highest BCUT2D eigenvalue weighted by Crippen LogP contribution is 2.24. The SMILES string of the molecule is C[C@H](SCc1coc(-c2ccc(Cl)cc2)n1)C(=O)N[C@H]1CCS(=O)(=O)C1. The molecule has 1 aliphatic rings. The molecule has 1 aromatic carbocycles. The van der Waals surface area contributed by atoms with Crippen molar-refractivity contribution in [3.8, 4) is 11.5 Å². The van der Waals surface area contributed by atoms with Crippen molar-refractivity contribution >= 4 is 39.1 Å². The maximum Gasteiger partial charge on any atom is 0.233 e. The molecule has 6 nitrogen and oxygen atoms in total. The number of hydrogen-bond acceptors (Lipinski definition) is 6. The molecule has 9 heteroatoms. The van der Waals surface area contributed by atoms with Gasteiger partial charge < -0.3 is 9.73 Å². The lowest BCUT2D eigenvalue weighted by Gasteiger charge is -2.15. The topological polar surface area (TPSA) is 89.3 Å². The van der Waals surface area contributed by atoms with E-state index in [-0.39, 0.29) is 28.7 Å². The summed E-state index contributed by atoms with van der Waals surface area (Å²) in [5.41, 5.74) is 1.57. The van der Waals surface area contributed by atoms with E-state index in [0.717, 1.165) is 11.3 Å². The molecule has 26 heavy (non-hydrogen) atoms. The summed E-state index contributed by atoms with van der Waals surface area (Å²) in [7, 11) is -3.00. The molecule has 2 heterocycles. The number of rotatable bonds is 6. The number of sulfone groups is 1. The van der Waals surface area contributed by atoms with Crippen LogP contribution in [0.5, 0.6) is 0 Å². The fourth-order valence-corrected chi connectivity index (χ4v) is 5.18. The summed E-state index contributed by atoms with van der Waals surface area (Å²) in [6, 6.07) is 6.92. The van der Waals surface area contributed by atoms with Crippen LogP contribution in [0.15, 0.2) is 34.9 Å². The first-order valence-corrected chi connectivity index (χ1v) is 11.4. The van der Waals surface area contributed by atoms with Crippen molar-refractivity contribution in [2.45, 2.75) is 30.4 Å². The molecular weight excluding hydrogens is 396 g/mol. The number of nitrogens with one attached hydrogen (secondary N) is 1. The molecule has 2 atom stereocenters. The summed E-state index contributed by atoms with van der Waals surface area (Å²) >= 11 is 7.30. The van der Waals surface area contributed by atoms with E-state index in [1.165, 1.54) is 11.8 Å². The summed E-state index contributed by atoms with van der Waals surface area (Å²) in [5, 5.41) is 3.14. The molecule has 0 spiro atoms. The molecule has 0 radical (unpaired) electrons. The second-order valence-electron chi connectivity index (χ2n) is 6.21. The maximum atomic E-state index is 12.2. The Morgan fingerprint density at radius 3 is 2.81 bits per heavy atom. The van der Waals surface area contributed by atoms with E-state index in [2.05, 4.69) is 10.3 Å². The Balaban J connectivity index is 1.51. The van der Waals surface area contributed by atoms with Gasteiger partial charge in [0.25, 0.3) is 0 Å². The maximum absolute atomic E-state index is 12.2. The van der Waals surface area contributed by atoms with E-state index in [4.69, 9.17) is 16.0 Å². The minimum absolute atomic E-state index is 0.0316. The lowest BCUT2D eigenvalue weighted by Crippen LogP contribution is -2.40. The third kappa shape index (κ3) is 5.02. The van der Waals surface area contributed by atoms with Crippen LogP contribution in [0.1, 0.15) is 19.0 Å². The van der Waals surface area contributed by atoms with Gasteiger partial charge in [-0.1, -0.05) is 11.6 Å². The first-order valence-electron chi connectivity index (χ1n) is 8.15. The number of benzene rings is 1. The smallest absolute Gasteiger partial charge is 0.233 e. The number of carbonyl (C=O) groups is 1. The molecule has 140 valence electrons. The van der Waals surface area contributed by atoms with Gasteiger partial charge in [-0.2, -0.15) is 0 Å². The highest BCUT2D eigenvalue weighted by atomic mass is 35.5. The van der Waals surface area contributed by atoms with Crippen molar-refractivity contribution in [2.75, 3.05) is 11.5 Å². The highest BCUT2D eigenvalue weighted by molar-refractivity contribution is 7.99. The largest absolute Gasteiger partial charge is 0.444 e. The number of halogens is 1. The third-order valence-electron chi connectivity index (χ3n) is 4.07. The van der Waals surface area contributed by atoms with Crippen LogP contribution >= 0.6 is 23.4 Å². The van der Waals surface area contributed by atoms with Crippen molar-refractivity contribution in [2.24, 2.45) is 0 Å². The lowest BCUT2D eigenvalue weighted by atomic mass is 10.2. The fourth-order valence-electron chi connectivity index (χ4n) is 2.61. The lowest BCUT2D eigenvalue weighted by molar-refractivity contribution is -0.120. The second-order valence-corrected chi connectivity index (χ2v) is 10.2. The Labute approximate surface area is 161 Å². The standard InChI is InChI=1S/C17H19ClN2O4S2/c1-11(16(21)19-14-6-7-26(22,23)10-14)25-9-15-8-24-17(20-15)12-2-4-13(18)5-3-12/h2-5,8,11,14H,6-7,9-10H2,1H3,(H,19,21)/t11-,14-/m0/s1.